The molecule has 1 aromatic heterocycles. The van der Waals surface area contributed by atoms with Crippen molar-refractivity contribution in [2.24, 2.45) is 0 Å². The Balaban J connectivity index is 1.78. The fraction of sp³-hybridized carbons (Fsp3) is 0.143. The van der Waals surface area contributed by atoms with E-state index < -0.39 is 0 Å². The first-order chi connectivity index (χ1) is 9.61. The van der Waals surface area contributed by atoms with Gasteiger partial charge in [-0.05, 0) is 30.7 Å². The number of nitrogens with zero attached hydrogens (tertiary/aromatic N) is 2. The number of fused-ring (bicyclic) bond motifs is 1. The van der Waals surface area contributed by atoms with Crippen LogP contribution in [0.5, 0.6) is 0 Å². The molecule has 100 valence electrons. The Morgan fingerprint density at radius 2 is 2.15 bits per heavy atom. The molecule has 3 rings (SSSR count). The molecule has 2 heterocycles. The molecule has 0 bridgehead atoms. The van der Waals surface area contributed by atoms with Gasteiger partial charge in [0, 0.05) is 17.6 Å². The smallest absolute Gasteiger partial charge is 0.275 e. The molecule has 0 saturated heterocycles. The molecule has 0 spiro atoms. The molecule has 1 aliphatic rings. The van der Waals surface area contributed by atoms with Crippen LogP contribution >= 0.6 is 0 Å². The predicted molar refractivity (Wildman–Crippen MR) is 73.5 cm³/mol. The maximum Gasteiger partial charge on any atom is 0.275 e. The van der Waals surface area contributed by atoms with Crippen molar-refractivity contribution in [3.8, 4) is 0 Å². The Hall–Kier alpha value is -2.76. The molecule has 0 fully saturated rings. The fourth-order valence-corrected chi connectivity index (χ4v) is 2.01. The third kappa shape index (κ3) is 2.35. The van der Waals surface area contributed by atoms with E-state index in [1.54, 1.807) is 31.3 Å². The Morgan fingerprint density at radius 1 is 1.30 bits per heavy atom. The van der Waals surface area contributed by atoms with Crippen LogP contribution in [-0.4, -0.2) is 21.8 Å². The molecule has 0 unspecified atom stereocenters. The second-order valence-electron chi connectivity index (χ2n) is 4.59. The summed E-state index contributed by atoms with van der Waals surface area (Å²) in [5.41, 5.74) is 3.31. The summed E-state index contributed by atoms with van der Waals surface area (Å²) in [5.74, 6) is -0.359. The van der Waals surface area contributed by atoms with Gasteiger partial charge < -0.3 is 10.6 Å². The Labute approximate surface area is 115 Å². The lowest BCUT2D eigenvalue weighted by atomic mass is 10.1. The lowest BCUT2D eigenvalue weighted by molar-refractivity contribution is -0.115. The molecular formula is C14H12N4O2. The average Bonchev–Trinajstić information content (AvgIpc) is 2.78. The summed E-state index contributed by atoms with van der Waals surface area (Å²) >= 11 is 0. The molecule has 1 aromatic carbocycles. The number of amides is 2. The Kier molecular flexibility index (Phi) is 2.90. The van der Waals surface area contributed by atoms with Crippen LogP contribution in [-0.2, 0) is 11.2 Å². The zero-order valence-corrected chi connectivity index (χ0v) is 10.8. The van der Waals surface area contributed by atoms with E-state index >= 15 is 0 Å². The zero-order chi connectivity index (χ0) is 14.1. The van der Waals surface area contributed by atoms with Crippen molar-refractivity contribution < 1.29 is 9.59 Å². The number of rotatable bonds is 2. The highest BCUT2D eigenvalue weighted by Gasteiger charge is 2.18. The van der Waals surface area contributed by atoms with Crippen molar-refractivity contribution in [3.05, 3.63) is 47.5 Å². The van der Waals surface area contributed by atoms with Gasteiger partial charge in [0.2, 0.25) is 5.91 Å². The highest BCUT2D eigenvalue weighted by Crippen LogP contribution is 2.26. The summed E-state index contributed by atoms with van der Waals surface area (Å²) in [6.45, 7) is 1.80. The first-order valence-electron chi connectivity index (χ1n) is 6.14. The molecule has 2 amide bonds. The summed E-state index contributed by atoms with van der Waals surface area (Å²) in [4.78, 5) is 31.3. The van der Waals surface area contributed by atoms with Gasteiger partial charge in [0.1, 0.15) is 5.69 Å². The van der Waals surface area contributed by atoms with E-state index in [1.807, 2.05) is 0 Å². The number of hydrogen-bond donors (Lipinski definition) is 2. The summed E-state index contributed by atoms with van der Waals surface area (Å²) in [5, 5.41) is 5.48. The largest absolute Gasteiger partial charge is 0.326 e. The fourth-order valence-electron chi connectivity index (χ4n) is 2.01. The average molecular weight is 268 g/mol. The van der Waals surface area contributed by atoms with Gasteiger partial charge >= 0.3 is 0 Å². The first kappa shape index (κ1) is 12.3. The summed E-state index contributed by atoms with van der Waals surface area (Å²) in [7, 11) is 0. The van der Waals surface area contributed by atoms with Crippen LogP contribution in [0.15, 0.2) is 30.6 Å². The number of hydrogen-bond acceptors (Lipinski definition) is 4. The second-order valence-corrected chi connectivity index (χ2v) is 4.59. The standard InChI is InChI=1S/C14H12N4O2/c1-8-6-16-12(7-15-8)14(20)17-10-2-3-11-9(4-10)5-13(19)18-11/h2-4,6-7H,5H2,1H3,(H,17,20)(H,18,19). The predicted octanol–water partition coefficient (Wildman–Crippen LogP) is 1.53. The normalized spacial score (nSPS) is 12.8. The molecule has 0 aliphatic carbocycles. The van der Waals surface area contributed by atoms with E-state index in [0.717, 1.165) is 16.9 Å². The Morgan fingerprint density at radius 3 is 2.90 bits per heavy atom. The Bertz CT molecular complexity index is 695. The van der Waals surface area contributed by atoms with Crippen molar-refractivity contribution in [1.82, 2.24) is 9.97 Å². The van der Waals surface area contributed by atoms with Crippen LogP contribution in [0.1, 0.15) is 21.7 Å². The van der Waals surface area contributed by atoms with Gasteiger partial charge in [-0.3, -0.25) is 14.6 Å². The minimum Gasteiger partial charge on any atom is -0.326 e. The van der Waals surface area contributed by atoms with Crippen molar-refractivity contribution in [2.75, 3.05) is 10.6 Å². The molecule has 2 N–H and O–H groups in total. The minimum atomic E-state index is -0.324. The van der Waals surface area contributed by atoms with Crippen molar-refractivity contribution in [2.45, 2.75) is 13.3 Å². The van der Waals surface area contributed by atoms with Gasteiger partial charge in [0.15, 0.2) is 0 Å². The van der Waals surface area contributed by atoms with Crippen LogP contribution in [0.2, 0.25) is 0 Å². The number of benzene rings is 1. The molecule has 2 aromatic rings. The van der Waals surface area contributed by atoms with E-state index in [9.17, 15) is 9.59 Å². The maximum atomic E-state index is 12.0. The number of aromatic nitrogens is 2. The first-order valence-corrected chi connectivity index (χ1v) is 6.14. The van der Waals surface area contributed by atoms with E-state index in [-0.39, 0.29) is 17.5 Å². The van der Waals surface area contributed by atoms with E-state index in [1.165, 1.54) is 6.20 Å². The van der Waals surface area contributed by atoms with Gasteiger partial charge in [-0.25, -0.2) is 4.98 Å². The van der Waals surface area contributed by atoms with Crippen molar-refractivity contribution in [3.63, 3.8) is 0 Å². The molecule has 20 heavy (non-hydrogen) atoms. The number of carbonyl (C=O) groups excluding carboxylic acids is 2. The molecule has 6 nitrogen and oxygen atoms in total. The van der Waals surface area contributed by atoms with Crippen LogP contribution in [0.25, 0.3) is 0 Å². The monoisotopic (exact) mass is 268 g/mol. The molecule has 1 aliphatic heterocycles. The highest BCUT2D eigenvalue weighted by atomic mass is 16.2. The summed E-state index contributed by atoms with van der Waals surface area (Å²) < 4.78 is 0. The number of nitrogens with one attached hydrogen (secondary N) is 2. The third-order valence-corrected chi connectivity index (χ3v) is 3.00. The van der Waals surface area contributed by atoms with Gasteiger partial charge in [-0.2, -0.15) is 0 Å². The summed E-state index contributed by atoms with van der Waals surface area (Å²) in [6, 6.07) is 5.30. The van der Waals surface area contributed by atoms with Gasteiger partial charge in [-0.15, -0.1) is 0 Å². The van der Waals surface area contributed by atoms with Gasteiger partial charge in [0.25, 0.3) is 5.91 Å². The van der Waals surface area contributed by atoms with E-state index in [4.69, 9.17) is 0 Å². The lowest BCUT2D eigenvalue weighted by Gasteiger charge is -2.06. The van der Waals surface area contributed by atoms with Crippen LogP contribution < -0.4 is 10.6 Å². The van der Waals surface area contributed by atoms with Gasteiger partial charge in [0.05, 0.1) is 18.3 Å². The van der Waals surface area contributed by atoms with E-state index in [0.29, 0.717) is 12.1 Å². The number of aryl methyl sites for hydroxylation is 1. The quantitative estimate of drug-likeness (QED) is 0.865. The number of anilines is 2. The molecular weight excluding hydrogens is 256 g/mol. The number of carbonyl (C=O) groups is 2. The summed E-state index contributed by atoms with van der Waals surface area (Å²) in [6.07, 6.45) is 3.31. The minimum absolute atomic E-state index is 0.0344. The second kappa shape index (κ2) is 4.73. The third-order valence-electron chi connectivity index (χ3n) is 3.00. The van der Waals surface area contributed by atoms with Crippen LogP contribution in [0.3, 0.4) is 0 Å². The maximum absolute atomic E-state index is 12.0. The highest BCUT2D eigenvalue weighted by molar-refractivity contribution is 6.04. The van der Waals surface area contributed by atoms with Crippen LogP contribution in [0, 0.1) is 6.92 Å². The SMILES string of the molecule is Cc1cnc(C(=O)Nc2ccc3c(c2)CC(=O)N3)cn1. The molecule has 6 heteroatoms. The molecule has 0 atom stereocenters. The molecule has 0 radical (unpaired) electrons. The van der Waals surface area contributed by atoms with Crippen molar-refractivity contribution >= 4 is 23.2 Å². The topological polar surface area (TPSA) is 84.0 Å². The molecule has 0 saturated carbocycles. The van der Waals surface area contributed by atoms with Gasteiger partial charge in [-0.1, -0.05) is 0 Å². The zero-order valence-electron chi connectivity index (χ0n) is 10.8. The lowest BCUT2D eigenvalue weighted by Crippen LogP contribution is -2.14. The van der Waals surface area contributed by atoms with Crippen LogP contribution in [0.4, 0.5) is 11.4 Å². The van der Waals surface area contributed by atoms with E-state index in [2.05, 4.69) is 20.6 Å². The van der Waals surface area contributed by atoms with Crippen molar-refractivity contribution in [1.29, 1.82) is 0 Å².